The summed E-state index contributed by atoms with van der Waals surface area (Å²) in [6, 6.07) is -0.555. The number of nitrogens with one attached hydrogen (secondary N) is 1. The Bertz CT molecular complexity index is 525. The number of likely N-dealkylation sites (tertiary alicyclic amines) is 1. The molecule has 2 atom stereocenters. The molecule has 1 N–H and O–H groups in total. The summed E-state index contributed by atoms with van der Waals surface area (Å²) >= 11 is 0. The zero-order valence-corrected chi connectivity index (χ0v) is 14.4. The molecule has 1 aliphatic heterocycles. The van der Waals surface area contributed by atoms with Crippen molar-refractivity contribution < 1.29 is 27.5 Å². The summed E-state index contributed by atoms with van der Waals surface area (Å²) in [6.45, 7) is 5.50. The Labute approximate surface area is 131 Å². The van der Waals surface area contributed by atoms with Gasteiger partial charge in [-0.3, -0.25) is 4.79 Å². The van der Waals surface area contributed by atoms with Crippen LogP contribution in [0.5, 0.6) is 0 Å². The van der Waals surface area contributed by atoms with Gasteiger partial charge in [0.05, 0.1) is 19.3 Å². The zero-order chi connectivity index (χ0) is 17.1. The van der Waals surface area contributed by atoms with Crippen molar-refractivity contribution in [3.05, 3.63) is 0 Å². The van der Waals surface area contributed by atoms with Crippen LogP contribution in [0.25, 0.3) is 0 Å². The number of methoxy groups -OCH3 is 1. The van der Waals surface area contributed by atoms with Crippen molar-refractivity contribution in [1.29, 1.82) is 0 Å². The van der Waals surface area contributed by atoms with Gasteiger partial charge in [-0.1, -0.05) is 0 Å². The molecule has 0 radical (unpaired) electrons. The molecular weight excluding hydrogens is 312 g/mol. The molecular formula is C13H24N2O6S. The fraction of sp³-hybridized carbons (Fsp3) is 0.846. The average Bonchev–Trinajstić information content (AvgIpc) is 2.33. The number of carbonyl (C=O) groups is 2. The zero-order valence-electron chi connectivity index (χ0n) is 13.6. The van der Waals surface area contributed by atoms with Gasteiger partial charge in [0.15, 0.2) is 0 Å². The number of hydrogen-bond donors (Lipinski definition) is 1. The van der Waals surface area contributed by atoms with Crippen molar-refractivity contribution >= 4 is 22.1 Å². The summed E-state index contributed by atoms with van der Waals surface area (Å²) in [5.74, 6) is -1.07. The number of sulfonamides is 1. The molecule has 2 unspecified atom stereocenters. The third-order valence-corrected chi connectivity index (χ3v) is 3.78. The summed E-state index contributed by atoms with van der Waals surface area (Å²) in [6.07, 6.45) is 0.729. The van der Waals surface area contributed by atoms with Gasteiger partial charge in [0, 0.05) is 19.1 Å². The molecule has 22 heavy (non-hydrogen) atoms. The van der Waals surface area contributed by atoms with Crippen LogP contribution < -0.4 is 4.72 Å². The van der Waals surface area contributed by atoms with Crippen LogP contribution in [0.2, 0.25) is 0 Å². The van der Waals surface area contributed by atoms with Crippen LogP contribution in [0.1, 0.15) is 27.2 Å². The van der Waals surface area contributed by atoms with Gasteiger partial charge in [-0.25, -0.2) is 17.9 Å². The lowest BCUT2D eigenvalue weighted by atomic mass is 9.95. The van der Waals surface area contributed by atoms with E-state index < -0.39 is 39.6 Å². The maximum atomic E-state index is 12.2. The molecule has 0 bridgehead atoms. The summed E-state index contributed by atoms with van der Waals surface area (Å²) in [4.78, 5) is 25.2. The summed E-state index contributed by atoms with van der Waals surface area (Å²) < 4.78 is 35.2. The van der Waals surface area contributed by atoms with E-state index in [1.807, 2.05) is 0 Å². The topological polar surface area (TPSA) is 102 Å². The standard InChI is InChI=1S/C13H24N2O6S/c1-13(2,3)21-12(17)15-7-9(11(16)20-4)6-10(8-15)14-22(5,18)19/h9-10,14H,6-8H2,1-5H3. The first-order valence-electron chi connectivity index (χ1n) is 6.94. The Kier molecular flexibility index (Phi) is 5.80. The van der Waals surface area contributed by atoms with Crippen LogP contribution in [0, 0.1) is 5.92 Å². The van der Waals surface area contributed by atoms with Gasteiger partial charge >= 0.3 is 12.1 Å². The molecule has 0 saturated carbocycles. The minimum absolute atomic E-state index is 0.142. The number of nitrogens with zero attached hydrogens (tertiary/aromatic N) is 1. The van der Waals surface area contributed by atoms with Crippen LogP contribution in [-0.2, 0) is 24.3 Å². The molecule has 1 amide bonds. The van der Waals surface area contributed by atoms with Crippen LogP contribution >= 0.6 is 0 Å². The lowest BCUT2D eigenvalue weighted by molar-refractivity contribution is -0.147. The van der Waals surface area contributed by atoms with Gasteiger partial charge < -0.3 is 14.4 Å². The van der Waals surface area contributed by atoms with E-state index in [1.165, 1.54) is 12.0 Å². The van der Waals surface area contributed by atoms with Gasteiger partial charge in [0.1, 0.15) is 5.60 Å². The van der Waals surface area contributed by atoms with Crippen molar-refractivity contribution in [3.63, 3.8) is 0 Å². The number of amides is 1. The highest BCUT2D eigenvalue weighted by Crippen LogP contribution is 2.21. The van der Waals surface area contributed by atoms with Crippen molar-refractivity contribution in [1.82, 2.24) is 9.62 Å². The van der Waals surface area contributed by atoms with Crippen molar-refractivity contribution in [2.45, 2.75) is 38.8 Å². The molecule has 0 aromatic carbocycles. The Hall–Kier alpha value is -1.35. The SMILES string of the molecule is COC(=O)C1CC(NS(C)(=O)=O)CN(C(=O)OC(C)(C)C)C1. The number of hydrogen-bond acceptors (Lipinski definition) is 6. The Balaban J connectivity index is 2.87. The summed E-state index contributed by atoms with van der Waals surface area (Å²) in [7, 11) is -2.19. The van der Waals surface area contributed by atoms with Gasteiger partial charge in [-0.2, -0.15) is 0 Å². The number of ether oxygens (including phenoxy) is 2. The molecule has 9 heteroatoms. The molecule has 1 rings (SSSR count). The fourth-order valence-corrected chi connectivity index (χ4v) is 3.08. The van der Waals surface area contributed by atoms with Crippen molar-refractivity contribution in [2.24, 2.45) is 5.92 Å². The van der Waals surface area contributed by atoms with Crippen molar-refractivity contribution in [2.75, 3.05) is 26.5 Å². The summed E-state index contributed by atoms with van der Waals surface area (Å²) in [5, 5.41) is 0. The van der Waals surface area contributed by atoms with Gasteiger partial charge in [0.25, 0.3) is 0 Å². The van der Waals surface area contributed by atoms with E-state index >= 15 is 0 Å². The van der Waals surface area contributed by atoms with Crippen molar-refractivity contribution in [3.8, 4) is 0 Å². The third-order valence-electron chi connectivity index (χ3n) is 3.02. The lowest BCUT2D eigenvalue weighted by Gasteiger charge is -2.37. The smallest absolute Gasteiger partial charge is 0.410 e. The second-order valence-corrected chi connectivity index (χ2v) is 8.21. The van der Waals surface area contributed by atoms with Crippen LogP contribution in [0.15, 0.2) is 0 Å². The Morgan fingerprint density at radius 1 is 1.23 bits per heavy atom. The Morgan fingerprint density at radius 2 is 1.82 bits per heavy atom. The van der Waals surface area contributed by atoms with E-state index in [2.05, 4.69) is 4.72 Å². The fourth-order valence-electron chi connectivity index (χ4n) is 2.30. The minimum Gasteiger partial charge on any atom is -0.469 e. The molecule has 1 saturated heterocycles. The predicted molar refractivity (Wildman–Crippen MR) is 79.7 cm³/mol. The van der Waals surface area contributed by atoms with E-state index in [0.29, 0.717) is 0 Å². The van der Waals surface area contributed by atoms with E-state index in [0.717, 1.165) is 6.26 Å². The monoisotopic (exact) mass is 336 g/mol. The average molecular weight is 336 g/mol. The quantitative estimate of drug-likeness (QED) is 0.745. The van der Waals surface area contributed by atoms with Crippen LogP contribution in [0.3, 0.4) is 0 Å². The Morgan fingerprint density at radius 3 is 2.27 bits per heavy atom. The molecule has 1 aliphatic rings. The van der Waals surface area contributed by atoms with E-state index in [1.54, 1.807) is 20.8 Å². The first-order valence-corrected chi connectivity index (χ1v) is 8.83. The van der Waals surface area contributed by atoms with Gasteiger partial charge in [-0.05, 0) is 27.2 Å². The van der Waals surface area contributed by atoms with Crippen LogP contribution in [0.4, 0.5) is 4.79 Å². The highest BCUT2D eigenvalue weighted by Gasteiger charge is 2.37. The van der Waals surface area contributed by atoms with E-state index in [9.17, 15) is 18.0 Å². The molecule has 0 spiro atoms. The number of piperidine rings is 1. The van der Waals surface area contributed by atoms with E-state index in [-0.39, 0.29) is 19.5 Å². The molecule has 0 aliphatic carbocycles. The van der Waals surface area contributed by atoms with Gasteiger partial charge in [-0.15, -0.1) is 0 Å². The minimum atomic E-state index is -3.44. The van der Waals surface area contributed by atoms with E-state index in [4.69, 9.17) is 9.47 Å². The second kappa shape index (κ2) is 6.82. The third kappa shape index (κ3) is 6.18. The van der Waals surface area contributed by atoms with Crippen LogP contribution in [-0.4, -0.2) is 63.5 Å². The molecule has 0 aromatic heterocycles. The molecule has 128 valence electrons. The first kappa shape index (κ1) is 18.7. The number of esters is 1. The molecule has 8 nitrogen and oxygen atoms in total. The highest BCUT2D eigenvalue weighted by atomic mass is 32.2. The first-order chi connectivity index (χ1) is 9.91. The summed E-state index contributed by atoms with van der Waals surface area (Å²) in [5.41, 5.74) is -0.672. The van der Waals surface area contributed by atoms with Gasteiger partial charge in [0.2, 0.25) is 10.0 Å². The lowest BCUT2D eigenvalue weighted by Crippen LogP contribution is -2.54. The number of carbonyl (C=O) groups excluding carboxylic acids is 2. The number of rotatable bonds is 3. The molecule has 0 aromatic rings. The predicted octanol–water partition coefficient (Wildman–Crippen LogP) is 0.334. The maximum Gasteiger partial charge on any atom is 0.410 e. The second-order valence-electron chi connectivity index (χ2n) is 6.43. The molecule has 1 heterocycles. The largest absolute Gasteiger partial charge is 0.469 e. The highest BCUT2D eigenvalue weighted by molar-refractivity contribution is 7.88. The normalized spacial score (nSPS) is 23.0. The molecule has 1 fully saturated rings. The maximum absolute atomic E-state index is 12.2.